The van der Waals surface area contributed by atoms with Gasteiger partial charge in [0.05, 0.1) is 10.3 Å². The summed E-state index contributed by atoms with van der Waals surface area (Å²) in [6.07, 6.45) is 0. The molecular formula is C14H9N5O4. The minimum atomic E-state index is -0.577. The maximum atomic E-state index is 11.3. The van der Waals surface area contributed by atoms with Crippen LogP contribution in [0, 0.1) is 45.4 Å². The Balaban J connectivity index is 2.64. The Morgan fingerprint density at radius 3 is 2.43 bits per heavy atom. The predicted octanol–water partition coefficient (Wildman–Crippen LogP) is 2.79. The van der Waals surface area contributed by atoms with Gasteiger partial charge in [-0.05, 0) is 24.8 Å². The van der Waals surface area contributed by atoms with Crippen molar-refractivity contribution in [1.82, 2.24) is 9.38 Å². The van der Waals surface area contributed by atoms with Gasteiger partial charge in [-0.3, -0.25) is 10.1 Å². The van der Waals surface area contributed by atoms with Crippen LogP contribution in [0.3, 0.4) is 0 Å². The molecule has 9 heteroatoms. The van der Waals surface area contributed by atoms with Crippen LogP contribution in [-0.4, -0.2) is 19.2 Å². The van der Waals surface area contributed by atoms with Gasteiger partial charge in [0, 0.05) is 17.5 Å². The fourth-order valence-electron chi connectivity index (χ4n) is 2.73. The standard InChI is InChI=1S/C14H9N5O4/c1-7-14(19(22)23)17-8(2)12(6-15)10-4-3-9(18(20)21)5-11(10)13(17)16-7/h3-5H,1-2H3. The summed E-state index contributed by atoms with van der Waals surface area (Å²) >= 11 is 0. The average Bonchev–Trinajstić information content (AvgIpc) is 2.85. The summed E-state index contributed by atoms with van der Waals surface area (Å²) in [5.41, 5.74) is 0.833. The molecule has 0 radical (unpaired) electrons. The number of hydrogen-bond donors (Lipinski definition) is 0. The molecule has 0 N–H and O–H groups in total. The molecule has 1 aromatic carbocycles. The monoisotopic (exact) mass is 311 g/mol. The number of nitriles is 1. The number of aryl methyl sites for hydroxylation is 2. The van der Waals surface area contributed by atoms with Crippen LogP contribution in [-0.2, 0) is 0 Å². The number of pyridine rings is 1. The van der Waals surface area contributed by atoms with Crippen molar-refractivity contribution in [3.63, 3.8) is 0 Å². The number of hydrogen-bond acceptors (Lipinski definition) is 6. The largest absolute Gasteiger partial charge is 0.358 e. The van der Waals surface area contributed by atoms with Gasteiger partial charge in [0.2, 0.25) is 5.65 Å². The molecule has 0 saturated heterocycles. The molecule has 0 amide bonds. The Bertz CT molecular complexity index is 1060. The summed E-state index contributed by atoms with van der Waals surface area (Å²) in [6, 6.07) is 6.05. The Morgan fingerprint density at radius 1 is 1.17 bits per heavy atom. The zero-order chi connectivity index (χ0) is 16.9. The Hall–Kier alpha value is -3.54. The van der Waals surface area contributed by atoms with E-state index in [0.717, 1.165) is 0 Å². The second-order valence-electron chi connectivity index (χ2n) is 5.00. The lowest BCUT2D eigenvalue weighted by Gasteiger charge is -2.05. The van der Waals surface area contributed by atoms with Gasteiger partial charge >= 0.3 is 5.82 Å². The smallest absolute Gasteiger partial charge is 0.351 e. The molecule has 0 unspecified atom stereocenters. The molecule has 114 valence electrons. The molecule has 0 aliphatic carbocycles. The number of rotatable bonds is 2. The van der Waals surface area contributed by atoms with Gasteiger partial charge in [-0.25, -0.2) is 4.98 Å². The zero-order valence-electron chi connectivity index (χ0n) is 12.1. The summed E-state index contributed by atoms with van der Waals surface area (Å²) in [6.45, 7) is 3.07. The van der Waals surface area contributed by atoms with Crippen LogP contribution in [0.5, 0.6) is 0 Å². The Kier molecular flexibility index (Phi) is 2.97. The van der Waals surface area contributed by atoms with E-state index in [1.807, 2.05) is 6.07 Å². The molecule has 0 aliphatic heterocycles. The molecule has 2 aromatic heterocycles. The van der Waals surface area contributed by atoms with Gasteiger partial charge in [0.1, 0.15) is 23.0 Å². The quantitative estimate of drug-likeness (QED) is 0.528. The molecule has 0 atom stereocenters. The van der Waals surface area contributed by atoms with Gasteiger partial charge in [0.25, 0.3) is 5.69 Å². The van der Waals surface area contributed by atoms with Gasteiger partial charge < -0.3 is 10.1 Å². The van der Waals surface area contributed by atoms with E-state index in [1.165, 1.54) is 29.5 Å². The number of non-ortho nitro benzene ring substituents is 1. The summed E-state index contributed by atoms with van der Waals surface area (Å²) in [5, 5.41) is 32.5. The molecule has 9 nitrogen and oxygen atoms in total. The van der Waals surface area contributed by atoms with Crippen molar-refractivity contribution in [2.75, 3.05) is 0 Å². The summed E-state index contributed by atoms with van der Waals surface area (Å²) in [5.74, 6) is -0.248. The number of aromatic nitrogens is 2. The van der Waals surface area contributed by atoms with E-state index in [9.17, 15) is 25.5 Å². The molecule has 2 heterocycles. The number of nitro benzene ring substituents is 1. The third-order valence-electron chi connectivity index (χ3n) is 3.73. The minimum absolute atomic E-state index is 0.171. The third-order valence-corrected chi connectivity index (χ3v) is 3.73. The minimum Gasteiger partial charge on any atom is -0.358 e. The van der Waals surface area contributed by atoms with E-state index in [4.69, 9.17) is 0 Å². The number of nitrogens with zero attached hydrogens (tertiary/aromatic N) is 5. The highest BCUT2D eigenvalue weighted by Crippen LogP contribution is 2.33. The first-order chi connectivity index (χ1) is 10.9. The van der Waals surface area contributed by atoms with Crippen molar-refractivity contribution in [2.24, 2.45) is 0 Å². The molecular weight excluding hydrogens is 302 g/mol. The highest BCUT2D eigenvalue weighted by molar-refractivity contribution is 6.00. The number of nitro groups is 2. The van der Waals surface area contributed by atoms with Gasteiger partial charge in [-0.1, -0.05) is 0 Å². The maximum Gasteiger partial charge on any atom is 0.351 e. The van der Waals surface area contributed by atoms with Gasteiger partial charge in [0.15, 0.2) is 0 Å². The van der Waals surface area contributed by atoms with E-state index in [1.54, 1.807) is 6.92 Å². The average molecular weight is 311 g/mol. The normalized spacial score (nSPS) is 10.8. The van der Waals surface area contributed by atoms with E-state index < -0.39 is 9.85 Å². The van der Waals surface area contributed by atoms with Crippen LogP contribution in [0.15, 0.2) is 18.2 Å². The highest BCUT2D eigenvalue weighted by Gasteiger charge is 2.27. The molecule has 0 saturated carbocycles. The van der Waals surface area contributed by atoms with Crippen LogP contribution in [0.25, 0.3) is 16.4 Å². The zero-order valence-corrected chi connectivity index (χ0v) is 12.1. The van der Waals surface area contributed by atoms with Crippen molar-refractivity contribution in [3.8, 4) is 6.07 Å². The number of fused-ring (bicyclic) bond motifs is 3. The lowest BCUT2D eigenvalue weighted by molar-refractivity contribution is -0.391. The predicted molar refractivity (Wildman–Crippen MR) is 80.2 cm³/mol. The van der Waals surface area contributed by atoms with Crippen LogP contribution in [0.4, 0.5) is 11.5 Å². The van der Waals surface area contributed by atoms with Gasteiger partial charge in [-0.15, -0.1) is 0 Å². The van der Waals surface area contributed by atoms with E-state index in [0.29, 0.717) is 16.5 Å². The van der Waals surface area contributed by atoms with Gasteiger partial charge in [-0.2, -0.15) is 9.66 Å². The SMILES string of the molecule is Cc1nc2c3cc([N+](=O)[O-])ccc3c(C#N)c(C)n2c1[N+](=O)[O-]. The Morgan fingerprint density at radius 2 is 1.87 bits per heavy atom. The number of benzene rings is 1. The molecule has 3 rings (SSSR count). The molecule has 0 spiro atoms. The van der Waals surface area contributed by atoms with E-state index in [-0.39, 0.29) is 28.4 Å². The maximum absolute atomic E-state index is 11.3. The first-order valence-electron chi connectivity index (χ1n) is 6.51. The molecule has 0 bridgehead atoms. The van der Waals surface area contributed by atoms with Crippen molar-refractivity contribution in [2.45, 2.75) is 13.8 Å². The topological polar surface area (TPSA) is 127 Å². The first-order valence-corrected chi connectivity index (χ1v) is 6.51. The highest BCUT2D eigenvalue weighted by atomic mass is 16.6. The first kappa shape index (κ1) is 14.4. The number of imidazole rings is 1. The second kappa shape index (κ2) is 4.74. The fraction of sp³-hybridized carbons (Fsp3) is 0.143. The molecule has 3 aromatic rings. The van der Waals surface area contributed by atoms with Crippen molar-refractivity contribution in [3.05, 3.63) is 55.4 Å². The van der Waals surface area contributed by atoms with E-state index >= 15 is 0 Å². The Labute approximate surface area is 128 Å². The molecule has 0 fully saturated rings. The molecule has 0 aliphatic rings. The van der Waals surface area contributed by atoms with Crippen molar-refractivity contribution in [1.29, 1.82) is 5.26 Å². The second-order valence-corrected chi connectivity index (χ2v) is 5.00. The van der Waals surface area contributed by atoms with Crippen molar-refractivity contribution < 1.29 is 9.85 Å². The lowest BCUT2D eigenvalue weighted by Crippen LogP contribution is -2.02. The third kappa shape index (κ3) is 1.89. The van der Waals surface area contributed by atoms with Crippen molar-refractivity contribution >= 4 is 27.9 Å². The lowest BCUT2D eigenvalue weighted by atomic mass is 10.0. The molecule has 23 heavy (non-hydrogen) atoms. The summed E-state index contributed by atoms with van der Waals surface area (Å²) < 4.78 is 1.26. The fourth-order valence-corrected chi connectivity index (χ4v) is 2.73. The van der Waals surface area contributed by atoms with Crippen LogP contribution < -0.4 is 0 Å². The summed E-state index contributed by atoms with van der Waals surface area (Å²) in [7, 11) is 0. The summed E-state index contributed by atoms with van der Waals surface area (Å²) in [4.78, 5) is 25.3. The van der Waals surface area contributed by atoms with Crippen LogP contribution in [0.1, 0.15) is 17.0 Å². The van der Waals surface area contributed by atoms with Crippen LogP contribution >= 0.6 is 0 Å². The van der Waals surface area contributed by atoms with Crippen LogP contribution in [0.2, 0.25) is 0 Å². The van der Waals surface area contributed by atoms with E-state index in [2.05, 4.69) is 4.98 Å².